The van der Waals surface area contributed by atoms with Crippen LogP contribution in [0.1, 0.15) is 47.2 Å². The molecule has 1 aromatic heterocycles. The van der Waals surface area contributed by atoms with Gasteiger partial charge in [0.1, 0.15) is 5.69 Å². The first-order valence-corrected chi connectivity index (χ1v) is 7.38. The van der Waals surface area contributed by atoms with E-state index in [0.717, 1.165) is 5.56 Å². The van der Waals surface area contributed by atoms with Gasteiger partial charge in [0.15, 0.2) is 0 Å². The predicted molar refractivity (Wildman–Crippen MR) is 87.6 cm³/mol. The lowest BCUT2D eigenvalue weighted by Gasteiger charge is -2.33. The Morgan fingerprint density at radius 3 is 2.43 bits per heavy atom. The summed E-state index contributed by atoms with van der Waals surface area (Å²) >= 11 is 0. The molecule has 120 valence electrons. The van der Waals surface area contributed by atoms with Crippen LogP contribution in [0.4, 0.5) is 0 Å². The van der Waals surface area contributed by atoms with Gasteiger partial charge in [0.25, 0.3) is 5.91 Å². The van der Waals surface area contributed by atoms with E-state index in [2.05, 4.69) is 10.3 Å². The van der Waals surface area contributed by atoms with Gasteiger partial charge < -0.3 is 10.4 Å². The maximum atomic E-state index is 12.3. The highest BCUT2D eigenvalue weighted by molar-refractivity contribution is 5.95. The highest BCUT2D eigenvalue weighted by atomic mass is 16.4. The Hall–Kier alpha value is -2.69. The summed E-state index contributed by atoms with van der Waals surface area (Å²) in [4.78, 5) is 27.3. The van der Waals surface area contributed by atoms with E-state index in [4.69, 9.17) is 5.11 Å². The minimum Gasteiger partial charge on any atom is -0.478 e. The Morgan fingerprint density at radius 1 is 1.17 bits per heavy atom. The molecule has 5 nitrogen and oxygen atoms in total. The van der Waals surface area contributed by atoms with Gasteiger partial charge in [0.05, 0.1) is 5.56 Å². The molecular weight excluding hydrogens is 292 g/mol. The molecule has 0 aliphatic rings. The summed E-state index contributed by atoms with van der Waals surface area (Å²) in [6.07, 6.45) is 1.32. The van der Waals surface area contributed by atoms with E-state index < -0.39 is 5.97 Å². The number of amides is 1. The van der Waals surface area contributed by atoms with Gasteiger partial charge in [0, 0.05) is 17.7 Å². The van der Waals surface area contributed by atoms with Crippen molar-refractivity contribution in [3.8, 4) is 0 Å². The second-order valence-corrected chi connectivity index (χ2v) is 6.02. The van der Waals surface area contributed by atoms with Crippen molar-refractivity contribution in [3.63, 3.8) is 0 Å². The van der Waals surface area contributed by atoms with Crippen LogP contribution >= 0.6 is 0 Å². The molecule has 0 spiro atoms. The number of carboxylic acids is 1. The molecule has 2 N–H and O–H groups in total. The van der Waals surface area contributed by atoms with Crippen molar-refractivity contribution in [1.82, 2.24) is 10.3 Å². The van der Waals surface area contributed by atoms with Crippen LogP contribution in [0.15, 0.2) is 48.7 Å². The number of hydrogen-bond donors (Lipinski definition) is 2. The summed E-state index contributed by atoms with van der Waals surface area (Å²) in [6, 6.07) is 12.4. The second-order valence-electron chi connectivity index (χ2n) is 6.02. The average molecular weight is 312 g/mol. The SMILES string of the molecule is CC(NC(=O)c1cc(C(=O)O)ccn1)C(C)(C)c1ccccc1. The molecule has 0 aliphatic carbocycles. The van der Waals surface area contributed by atoms with E-state index in [9.17, 15) is 9.59 Å². The molecule has 1 aromatic carbocycles. The molecule has 0 saturated carbocycles. The van der Waals surface area contributed by atoms with Gasteiger partial charge in [-0.2, -0.15) is 0 Å². The van der Waals surface area contributed by atoms with Crippen molar-refractivity contribution in [2.45, 2.75) is 32.2 Å². The molecule has 0 fully saturated rings. The van der Waals surface area contributed by atoms with E-state index in [1.165, 1.54) is 18.3 Å². The molecule has 0 bridgehead atoms. The van der Waals surface area contributed by atoms with Gasteiger partial charge >= 0.3 is 5.97 Å². The van der Waals surface area contributed by atoms with E-state index in [1.807, 2.05) is 51.1 Å². The smallest absolute Gasteiger partial charge is 0.335 e. The van der Waals surface area contributed by atoms with Gasteiger partial charge in [-0.05, 0) is 24.6 Å². The van der Waals surface area contributed by atoms with Crippen molar-refractivity contribution in [3.05, 3.63) is 65.5 Å². The van der Waals surface area contributed by atoms with E-state index in [0.29, 0.717) is 0 Å². The lowest BCUT2D eigenvalue weighted by Crippen LogP contribution is -2.45. The van der Waals surface area contributed by atoms with Crippen molar-refractivity contribution >= 4 is 11.9 Å². The second kappa shape index (κ2) is 6.60. The standard InChI is InChI=1S/C18H20N2O3/c1-12(18(2,3)14-7-5-4-6-8-14)20-16(21)15-11-13(17(22)23)9-10-19-15/h4-12H,1-3H3,(H,20,21)(H,22,23). The number of hydrogen-bond acceptors (Lipinski definition) is 3. The van der Waals surface area contributed by atoms with E-state index in [1.54, 1.807) is 0 Å². The number of aromatic nitrogens is 1. The third kappa shape index (κ3) is 3.74. The number of carbonyl (C=O) groups is 2. The molecule has 0 radical (unpaired) electrons. The zero-order valence-electron chi connectivity index (χ0n) is 13.4. The van der Waals surface area contributed by atoms with Crippen LogP contribution in [0.5, 0.6) is 0 Å². The van der Waals surface area contributed by atoms with Crippen LogP contribution in [0.3, 0.4) is 0 Å². The lowest BCUT2D eigenvalue weighted by atomic mass is 9.78. The highest BCUT2D eigenvalue weighted by Gasteiger charge is 2.29. The normalized spacial score (nSPS) is 12.5. The molecule has 1 unspecified atom stereocenters. The molecule has 0 saturated heterocycles. The summed E-state index contributed by atoms with van der Waals surface area (Å²) < 4.78 is 0. The van der Waals surface area contributed by atoms with Gasteiger partial charge in [-0.3, -0.25) is 9.78 Å². The topological polar surface area (TPSA) is 79.3 Å². The minimum atomic E-state index is -1.08. The zero-order valence-corrected chi connectivity index (χ0v) is 13.4. The number of benzene rings is 1. The van der Waals surface area contributed by atoms with Gasteiger partial charge in [-0.1, -0.05) is 44.2 Å². The number of nitrogens with one attached hydrogen (secondary N) is 1. The maximum Gasteiger partial charge on any atom is 0.335 e. The summed E-state index contributed by atoms with van der Waals surface area (Å²) in [6.45, 7) is 6.02. The van der Waals surface area contributed by atoms with E-state index in [-0.39, 0.29) is 28.6 Å². The quantitative estimate of drug-likeness (QED) is 0.889. The van der Waals surface area contributed by atoms with Crippen molar-refractivity contribution in [1.29, 1.82) is 0 Å². The minimum absolute atomic E-state index is 0.0418. The van der Waals surface area contributed by atoms with Crippen LogP contribution in [0.25, 0.3) is 0 Å². The molecule has 1 amide bonds. The number of carbonyl (C=O) groups excluding carboxylic acids is 1. The first-order chi connectivity index (χ1) is 10.8. The van der Waals surface area contributed by atoms with Crippen molar-refractivity contribution in [2.24, 2.45) is 0 Å². The first-order valence-electron chi connectivity index (χ1n) is 7.38. The Balaban J connectivity index is 2.16. The summed E-state index contributed by atoms with van der Waals surface area (Å²) in [5.41, 5.74) is 0.974. The van der Waals surface area contributed by atoms with Crippen LogP contribution < -0.4 is 5.32 Å². The number of pyridine rings is 1. The monoisotopic (exact) mass is 312 g/mol. The maximum absolute atomic E-state index is 12.3. The number of aromatic carboxylic acids is 1. The number of rotatable bonds is 5. The van der Waals surface area contributed by atoms with Crippen molar-refractivity contribution in [2.75, 3.05) is 0 Å². The Kier molecular flexibility index (Phi) is 4.79. The summed E-state index contributed by atoms with van der Waals surface area (Å²) in [7, 11) is 0. The van der Waals surface area contributed by atoms with Gasteiger partial charge in [-0.25, -0.2) is 4.79 Å². The van der Waals surface area contributed by atoms with Gasteiger partial charge in [0.2, 0.25) is 0 Å². The molecular formula is C18H20N2O3. The molecule has 5 heteroatoms. The molecule has 2 aromatic rings. The molecule has 23 heavy (non-hydrogen) atoms. The summed E-state index contributed by atoms with van der Waals surface area (Å²) in [5, 5.41) is 11.9. The fraction of sp³-hybridized carbons (Fsp3) is 0.278. The number of nitrogens with zero attached hydrogens (tertiary/aromatic N) is 1. The average Bonchev–Trinajstić information content (AvgIpc) is 2.55. The lowest BCUT2D eigenvalue weighted by molar-refractivity contribution is 0.0696. The largest absolute Gasteiger partial charge is 0.478 e. The van der Waals surface area contributed by atoms with Crippen LogP contribution in [-0.4, -0.2) is 28.0 Å². The fourth-order valence-electron chi connectivity index (χ4n) is 2.26. The highest BCUT2D eigenvalue weighted by Crippen LogP contribution is 2.26. The fourth-order valence-corrected chi connectivity index (χ4v) is 2.26. The predicted octanol–water partition coefficient (Wildman–Crippen LogP) is 2.88. The Morgan fingerprint density at radius 2 is 1.83 bits per heavy atom. The zero-order chi connectivity index (χ0) is 17.0. The van der Waals surface area contributed by atoms with E-state index >= 15 is 0 Å². The van der Waals surface area contributed by atoms with Crippen molar-refractivity contribution < 1.29 is 14.7 Å². The number of carboxylic acid groups (broad SMARTS) is 1. The molecule has 1 heterocycles. The first kappa shape index (κ1) is 16.7. The Labute approximate surface area is 135 Å². The van der Waals surface area contributed by atoms with Crippen LogP contribution in [0, 0.1) is 0 Å². The summed E-state index contributed by atoms with van der Waals surface area (Å²) in [5.74, 6) is -1.47. The Bertz CT molecular complexity index is 711. The third-order valence-electron chi connectivity index (χ3n) is 4.19. The molecule has 1 atom stereocenters. The van der Waals surface area contributed by atoms with Crippen LogP contribution in [0.2, 0.25) is 0 Å². The molecule has 0 aliphatic heterocycles. The van der Waals surface area contributed by atoms with Crippen LogP contribution in [-0.2, 0) is 5.41 Å². The van der Waals surface area contributed by atoms with Gasteiger partial charge in [-0.15, -0.1) is 0 Å². The molecule has 2 rings (SSSR count). The third-order valence-corrected chi connectivity index (χ3v) is 4.19.